The second-order valence-corrected chi connectivity index (χ2v) is 6.18. The largest absolute Gasteiger partial charge is 0.349 e. The van der Waals surface area contributed by atoms with E-state index in [0.717, 1.165) is 35.7 Å². The van der Waals surface area contributed by atoms with Crippen molar-refractivity contribution in [2.24, 2.45) is 0 Å². The molecule has 0 bridgehead atoms. The highest BCUT2D eigenvalue weighted by Gasteiger charge is 2.09. The van der Waals surface area contributed by atoms with Crippen LogP contribution in [0.3, 0.4) is 0 Å². The number of benzene rings is 1. The minimum Gasteiger partial charge on any atom is -0.349 e. The predicted molar refractivity (Wildman–Crippen MR) is 107 cm³/mol. The minimum absolute atomic E-state index is 0.593. The second-order valence-electron chi connectivity index (χ2n) is 6.18. The van der Waals surface area contributed by atoms with Crippen molar-refractivity contribution >= 4 is 17.5 Å². The molecule has 0 saturated heterocycles. The Morgan fingerprint density at radius 3 is 2.35 bits per heavy atom. The van der Waals surface area contributed by atoms with E-state index in [0.29, 0.717) is 12.5 Å². The van der Waals surface area contributed by atoms with Crippen LogP contribution in [0.2, 0.25) is 0 Å². The third-order valence-electron chi connectivity index (χ3n) is 4.26. The smallest absolute Gasteiger partial charge is 0.225 e. The van der Waals surface area contributed by atoms with Gasteiger partial charge in [0.1, 0.15) is 5.82 Å². The van der Waals surface area contributed by atoms with E-state index in [9.17, 15) is 0 Å². The monoisotopic (exact) mass is 347 g/mol. The molecule has 0 atom stereocenters. The van der Waals surface area contributed by atoms with Crippen LogP contribution in [-0.4, -0.2) is 15.0 Å². The summed E-state index contributed by atoms with van der Waals surface area (Å²) >= 11 is 0. The van der Waals surface area contributed by atoms with Gasteiger partial charge >= 0.3 is 0 Å². The number of aryl methyl sites for hydroxylation is 3. The molecule has 0 unspecified atom stereocenters. The van der Waals surface area contributed by atoms with Gasteiger partial charge in [-0.1, -0.05) is 38.1 Å². The topological polar surface area (TPSA) is 62.7 Å². The molecule has 5 nitrogen and oxygen atoms in total. The van der Waals surface area contributed by atoms with E-state index in [1.54, 1.807) is 6.20 Å². The molecule has 0 amide bonds. The van der Waals surface area contributed by atoms with Gasteiger partial charge in [-0.05, 0) is 43.0 Å². The molecular formula is C21H25N5. The van der Waals surface area contributed by atoms with E-state index < -0.39 is 0 Å². The molecule has 3 aromatic rings. The Morgan fingerprint density at radius 1 is 0.923 bits per heavy atom. The van der Waals surface area contributed by atoms with Crippen LogP contribution < -0.4 is 10.6 Å². The average Bonchev–Trinajstić information content (AvgIpc) is 2.67. The summed E-state index contributed by atoms with van der Waals surface area (Å²) in [6, 6.07) is 14.3. The molecule has 26 heavy (non-hydrogen) atoms. The zero-order chi connectivity index (χ0) is 18.4. The maximum absolute atomic E-state index is 4.63. The number of nitrogens with zero attached hydrogens (tertiary/aromatic N) is 3. The van der Waals surface area contributed by atoms with Crippen molar-refractivity contribution in [1.29, 1.82) is 0 Å². The molecule has 2 aromatic heterocycles. The molecule has 0 spiro atoms. The molecule has 2 heterocycles. The Balaban J connectivity index is 1.82. The highest BCUT2D eigenvalue weighted by Crippen LogP contribution is 2.26. The van der Waals surface area contributed by atoms with Gasteiger partial charge in [0.2, 0.25) is 5.95 Å². The quantitative estimate of drug-likeness (QED) is 0.651. The Labute approximate surface area is 154 Å². The van der Waals surface area contributed by atoms with Crippen LogP contribution >= 0.6 is 0 Å². The SMILES string of the molecule is CCc1cccc(CC)c1Nc1cc(C)nc(NCc2ccccn2)n1. The number of hydrogen-bond acceptors (Lipinski definition) is 5. The van der Waals surface area contributed by atoms with Crippen LogP contribution in [-0.2, 0) is 19.4 Å². The van der Waals surface area contributed by atoms with Gasteiger partial charge in [0.05, 0.1) is 12.2 Å². The third kappa shape index (κ3) is 4.36. The van der Waals surface area contributed by atoms with Crippen molar-refractivity contribution < 1.29 is 0 Å². The van der Waals surface area contributed by atoms with Crippen LogP contribution in [0.15, 0.2) is 48.7 Å². The summed E-state index contributed by atoms with van der Waals surface area (Å²) in [7, 11) is 0. The van der Waals surface area contributed by atoms with Gasteiger partial charge in [-0.15, -0.1) is 0 Å². The van der Waals surface area contributed by atoms with Crippen molar-refractivity contribution in [3.8, 4) is 0 Å². The fourth-order valence-electron chi connectivity index (χ4n) is 2.92. The van der Waals surface area contributed by atoms with Crippen LogP contribution in [0.5, 0.6) is 0 Å². The van der Waals surface area contributed by atoms with Gasteiger partial charge in [-0.25, -0.2) is 4.98 Å². The van der Waals surface area contributed by atoms with Crippen molar-refractivity contribution in [1.82, 2.24) is 15.0 Å². The van der Waals surface area contributed by atoms with Crippen LogP contribution in [0.1, 0.15) is 36.4 Å². The summed E-state index contributed by atoms with van der Waals surface area (Å²) in [5.74, 6) is 1.40. The van der Waals surface area contributed by atoms with Crippen molar-refractivity contribution in [2.75, 3.05) is 10.6 Å². The Bertz CT molecular complexity index is 839. The first-order valence-corrected chi connectivity index (χ1v) is 9.06. The minimum atomic E-state index is 0.593. The molecule has 5 heteroatoms. The first-order chi connectivity index (χ1) is 12.7. The van der Waals surface area contributed by atoms with E-state index in [4.69, 9.17) is 0 Å². The van der Waals surface area contributed by atoms with E-state index >= 15 is 0 Å². The third-order valence-corrected chi connectivity index (χ3v) is 4.26. The lowest BCUT2D eigenvalue weighted by atomic mass is 10.0. The highest BCUT2D eigenvalue weighted by atomic mass is 15.1. The molecule has 0 aliphatic rings. The van der Waals surface area contributed by atoms with Gasteiger partial charge in [-0.2, -0.15) is 4.98 Å². The number of para-hydroxylation sites is 1. The molecule has 0 fully saturated rings. The first-order valence-electron chi connectivity index (χ1n) is 9.06. The van der Waals surface area contributed by atoms with Crippen LogP contribution in [0.4, 0.5) is 17.5 Å². The van der Waals surface area contributed by atoms with Crippen LogP contribution in [0, 0.1) is 6.92 Å². The molecule has 2 N–H and O–H groups in total. The standard InChI is InChI=1S/C21H25N5/c1-4-16-9-8-10-17(5-2)20(16)25-19-13-15(3)24-21(26-19)23-14-18-11-6-7-12-22-18/h6-13H,4-5,14H2,1-3H3,(H2,23,24,25,26). The Hall–Kier alpha value is -2.95. The van der Waals surface area contributed by atoms with E-state index in [-0.39, 0.29) is 0 Å². The van der Waals surface area contributed by atoms with Gasteiger partial charge in [0.25, 0.3) is 0 Å². The maximum atomic E-state index is 4.63. The summed E-state index contributed by atoms with van der Waals surface area (Å²) in [5.41, 5.74) is 5.62. The summed E-state index contributed by atoms with van der Waals surface area (Å²) in [4.78, 5) is 13.4. The average molecular weight is 347 g/mol. The molecule has 3 rings (SSSR count). The number of anilines is 3. The van der Waals surface area contributed by atoms with Crippen molar-refractivity contribution in [3.63, 3.8) is 0 Å². The molecular weight excluding hydrogens is 322 g/mol. The fraction of sp³-hybridized carbons (Fsp3) is 0.286. The number of hydrogen-bond donors (Lipinski definition) is 2. The zero-order valence-corrected chi connectivity index (χ0v) is 15.6. The lowest BCUT2D eigenvalue weighted by Crippen LogP contribution is -2.08. The summed E-state index contributed by atoms with van der Waals surface area (Å²) < 4.78 is 0. The van der Waals surface area contributed by atoms with Gasteiger partial charge in [-0.3, -0.25) is 4.98 Å². The molecule has 0 aliphatic heterocycles. The summed E-state index contributed by atoms with van der Waals surface area (Å²) in [6.07, 6.45) is 3.74. The van der Waals surface area contributed by atoms with Crippen molar-refractivity contribution in [3.05, 3.63) is 71.2 Å². The Kier molecular flexibility index (Phi) is 5.79. The van der Waals surface area contributed by atoms with Crippen LogP contribution in [0.25, 0.3) is 0 Å². The molecule has 0 aliphatic carbocycles. The number of aromatic nitrogens is 3. The van der Waals surface area contributed by atoms with Gasteiger partial charge in [0.15, 0.2) is 0 Å². The first kappa shape index (κ1) is 17.9. The normalized spacial score (nSPS) is 10.6. The predicted octanol–water partition coefficient (Wildman–Crippen LogP) is 4.66. The molecule has 0 saturated carbocycles. The Morgan fingerprint density at radius 2 is 1.69 bits per heavy atom. The molecule has 1 aromatic carbocycles. The van der Waals surface area contributed by atoms with E-state index in [2.05, 4.69) is 57.6 Å². The summed E-state index contributed by atoms with van der Waals surface area (Å²) in [5, 5.41) is 6.78. The van der Waals surface area contributed by atoms with Crippen molar-refractivity contribution in [2.45, 2.75) is 40.2 Å². The molecule has 0 radical (unpaired) electrons. The fourth-order valence-corrected chi connectivity index (χ4v) is 2.92. The molecule has 134 valence electrons. The lowest BCUT2D eigenvalue weighted by molar-refractivity contribution is 0.990. The van der Waals surface area contributed by atoms with Gasteiger partial charge in [0, 0.05) is 23.6 Å². The number of nitrogens with one attached hydrogen (secondary N) is 2. The summed E-state index contributed by atoms with van der Waals surface area (Å²) in [6.45, 7) is 6.91. The number of pyridine rings is 1. The second kappa shape index (κ2) is 8.43. The van der Waals surface area contributed by atoms with E-state index in [1.807, 2.05) is 31.2 Å². The number of rotatable bonds is 7. The zero-order valence-electron chi connectivity index (χ0n) is 15.6. The van der Waals surface area contributed by atoms with E-state index in [1.165, 1.54) is 11.1 Å². The highest BCUT2D eigenvalue weighted by molar-refractivity contribution is 5.66. The lowest BCUT2D eigenvalue weighted by Gasteiger charge is -2.16. The maximum Gasteiger partial charge on any atom is 0.225 e. The van der Waals surface area contributed by atoms with Gasteiger partial charge < -0.3 is 10.6 Å².